The summed E-state index contributed by atoms with van der Waals surface area (Å²) in [5.74, 6) is 0.951. The molecule has 1 fully saturated rings. The van der Waals surface area contributed by atoms with Gasteiger partial charge in [0.2, 0.25) is 5.91 Å². The minimum absolute atomic E-state index is 0.0254. The van der Waals surface area contributed by atoms with Crippen LogP contribution in [0.1, 0.15) is 44.0 Å². The normalized spacial score (nSPS) is 21.2. The number of carbonyl (C=O) groups is 3. The van der Waals surface area contributed by atoms with Crippen LogP contribution < -0.4 is 9.47 Å². The molecule has 1 saturated heterocycles. The lowest BCUT2D eigenvalue weighted by Crippen LogP contribution is -2.42. The summed E-state index contributed by atoms with van der Waals surface area (Å²) in [5, 5.41) is 0. The summed E-state index contributed by atoms with van der Waals surface area (Å²) in [4.78, 5) is 43.1. The zero-order chi connectivity index (χ0) is 24.9. The van der Waals surface area contributed by atoms with E-state index in [1.807, 2.05) is 13.0 Å². The van der Waals surface area contributed by atoms with Crippen LogP contribution in [0.25, 0.3) is 0 Å². The Morgan fingerprint density at radius 3 is 2.77 bits per heavy atom. The Morgan fingerprint density at radius 2 is 2.03 bits per heavy atom. The lowest BCUT2D eigenvalue weighted by Gasteiger charge is -2.29. The topological polar surface area (TPSA) is 79.4 Å². The van der Waals surface area contributed by atoms with Gasteiger partial charge >= 0.3 is 0 Å². The predicted molar refractivity (Wildman–Crippen MR) is 133 cm³/mol. The Bertz CT molecular complexity index is 1050. The molecule has 1 unspecified atom stereocenters. The molecule has 0 aromatic heterocycles. The van der Waals surface area contributed by atoms with Gasteiger partial charge in [-0.3, -0.25) is 19.3 Å². The number of amides is 2. The van der Waals surface area contributed by atoms with E-state index < -0.39 is 0 Å². The molecule has 2 amide bonds. The number of rotatable bonds is 7. The average Bonchev–Trinajstić information content (AvgIpc) is 3.23. The molecule has 3 aliphatic heterocycles. The van der Waals surface area contributed by atoms with Crippen molar-refractivity contribution in [2.45, 2.75) is 39.7 Å². The first-order valence-electron chi connectivity index (χ1n) is 12.4. The number of ketones is 1. The summed E-state index contributed by atoms with van der Waals surface area (Å²) >= 11 is 0. The van der Waals surface area contributed by atoms with Gasteiger partial charge < -0.3 is 19.3 Å². The van der Waals surface area contributed by atoms with Crippen molar-refractivity contribution in [3.8, 4) is 11.5 Å². The zero-order valence-electron chi connectivity index (χ0n) is 20.9. The van der Waals surface area contributed by atoms with Gasteiger partial charge in [-0.1, -0.05) is 17.7 Å². The first-order valence-corrected chi connectivity index (χ1v) is 12.4. The Balaban J connectivity index is 1.35. The number of carbonyl (C=O) groups excluding carboxylic acids is 3. The highest BCUT2D eigenvalue weighted by Gasteiger charge is 2.29. The molecule has 0 bridgehead atoms. The number of ether oxygens (including phenoxy) is 2. The molecule has 1 aromatic carbocycles. The van der Waals surface area contributed by atoms with Crippen molar-refractivity contribution < 1.29 is 23.9 Å². The van der Waals surface area contributed by atoms with E-state index in [2.05, 4.69) is 17.9 Å². The molecular formula is C27H35N3O5. The Hall–Kier alpha value is -3.13. The van der Waals surface area contributed by atoms with E-state index >= 15 is 0 Å². The van der Waals surface area contributed by atoms with Crippen LogP contribution in [0.2, 0.25) is 0 Å². The van der Waals surface area contributed by atoms with Crippen molar-refractivity contribution in [3.05, 3.63) is 47.1 Å². The Morgan fingerprint density at radius 1 is 1.20 bits per heavy atom. The maximum atomic E-state index is 13.2. The standard InChI is InChI=1S/C27H35N3O5/c1-4-5-21-15-28(10-8-19(21)2)16-22(32)17-30-12-13-34-26-14-23(6-7-25(26)27(30)33)35-24-9-11-29(18-24)20(3)31/h4-7,14,24H,8-13,15-18H2,1-3H3/b5-4-. The fourth-order valence-corrected chi connectivity index (χ4v) is 4.85. The van der Waals surface area contributed by atoms with Gasteiger partial charge in [0.15, 0.2) is 5.78 Å². The first kappa shape index (κ1) is 25.0. The van der Waals surface area contributed by atoms with Crippen LogP contribution in [0.3, 0.4) is 0 Å². The smallest absolute Gasteiger partial charge is 0.258 e. The van der Waals surface area contributed by atoms with Crippen molar-refractivity contribution in [2.75, 3.05) is 52.4 Å². The van der Waals surface area contributed by atoms with E-state index in [4.69, 9.17) is 9.47 Å². The quantitative estimate of drug-likeness (QED) is 0.596. The molecule has 35 heavy (non-hydrogen) atoms. The van der Waals surface area contributed by atoms with Crippen molar-refractivity contribution >= 4 is 17.6 Å². The third-order valence-electron chi connectivity index (χ3n) is 6.86. The second-order valence-electron chi connectivity index (χ2n) is 9.53. The molecule has 0 aliphatic carbocycles. The maximum Gasteiger partial charge on any atom is 0.258 e. The highest BCUT2D eigenvalue weighted by atomic mass is 16.5. The summed E-state index contributed by atoms with van der Waals surface area (Å²) in [6.07, 6.45) is 5.80. The number of benzene rings is 1. The van der Waals surface area contributed by atoms with E-state index in [1.54, 1.807) is 34.9 Å². The maximum absolute atomic E-state index is 13.2. The van der Waals surface area contributed by atoms with Crippen LogP contribution in [0.5, 0.6) is 11.5 Å². The number of nitrogens with zero attached hydrogens (tertiary/aromatic N) is 3. The molecule has 1 atom stereocenters. The fraction of sp³-hybridized carbons (Fsp3) is 0.519. The van der Waals surface area contributed by atoms with Crippen molar-refractivity contribution in [1.82, 2.24) is 14.7 Å². The molecule has 0 saturated carbocycles. The zero-order valence-corrected chi connectivity index (χ0v) is 20.9. The van der Waals surface area contributed by atoms with Gasteiger partial charge in [0, 0.05) is 39.0 Å². The number of hydrogen-bond donors (Lipinski definition) is 0. The molecule has 0 radical (unpaired) electrons. The predicted octanol–water partition coefficient (Wildman–Crippen LogP) is 2.69. The minimum Gasteiger partial charge on any atom is -0.491 e. The van der Waals surface area contributed by atoms with Crippen LogP contribution >= 0.6 is 0 Å². The summed E-state index contributed by atoms with van der Waals surface area (Å²) in [5.41, 5.74) is 3.08. The molecule has 8 heteroatoms. The van der Waals surface area contributed by atoms with Gasteiger partial charge in [-0.25, -0.2) is 0 Å². The lowest BCUT2D eigenvalue weighted by atomic mass is 10.0. The number of hydrogen-bond acceptors (Lipinski definition) is 6. The second kappa shape index (κ2) is 11.1. The number of Topliss-reactive ketones (excluding diaryl/α,β-unsaturated/α-hetero) is 1. The molecule has 3 aliphatic rings. The highest BCUT2D eigenvalue weighted by Crippen LogP contribution is 2.29. The summed E-state index contributed by atoms with van der Waals surface area (Å²) in [6, 6.07) is 5.20. The van der Waals surface area contributed by atoms with Gasteiger partial charge in [-0.15, -0.1) is 0 Å². The number of likely N-dealkylation sites (tertiary alicyclic amines) is 1. The van der Waals surface area contributed by atoms with Crippen LogP contribution in [-0.2, 0) is 9.59 Å². The minimum atomic E-state index is -0.204. The molecule has 1 aromatic rings. The van der Waals surface area contributed by atoms with Gasteiger partial charge in [0.1, 0.15) is 24.2 Å². The highest BCUT2D eigenvalue weighted by molar-refractivity contribution is 5.99. The largest absolute Gasteiger partial charge is 0.491 e. The molecule has 0 N–H and O–H groups in total. The van der Waals surface area contributed by atoms with Gasteiger partial charge in [-0.2, -0.15) is 0 Å². The van der Waals surface area contributed by atoms with E-state index in [1.165, 1.54) is 11.1 Å². The van der Waals surface area contributed by atoms with Gasteiger partial charge in [-0.05, 0) is 38.0 Å². The van der Waals surface area contributed by atoms with E-state index in [0.717, 1.165) is 25.9 Å². The first-order chi connectivity index (χ1) is 16.8. The SMILES string of the molecule is C/C=C\C1=C(C)CCN(CC(=O)CN2CCOc3cc(OC4CCN(C(C)=O)C4)ccc3C2=O)C1. The van der Waals surface area contributed by atoms with Crippen molar-refractivity contribution in [2.24, 2.45) is 0 Å². The average molecular weight is 482 g/mol. The molecule has 8 nitrogen and oxygen atoms in total. The Kier molecular flexibility index (Phi) is 7.90. The summed E-state index contributed by atoms with van der Waals surface area (Å²) in [6.45, 7) is 9.64. The van der Waals surface area contributed by atoms with Crippen LogP contribution in [0.15, 0.2) is 41.5 Å². The van der Waals surface area contributed by atoms with Gasteiger partial charge in [0.25, 0.3) is 5.91 Å². The van der Waals surface area contributed by atoms with Crippen molar-refractivity contribution in [3.63, 3.8) is 0 Å². The van der Waals surface area contributed by atoms with Crippen LogP contribution in [0.4, 0.5) is 0 Å². The monoisotopic (exact) mass is 481 g/mol. The molecule has 4 rings (SSSR count). The van der Waals surface area contributed by atoms with Crippen LogP contribution in [-0.4, -0.2) is 90.8 Å². The van der Waals surface area contributed by atoms with E-state index in [9.17, 15) is 14.4 Å². The van der Waals surface area contributed by atoms with E-state index in [-0.39, 0.29) is 30.2 Å². The fourth-order valence-electron chi connectivity index (χ4n) is 4.85. The van der Waals surface area contributed by atoms with Gasteiger partial charge in [0.05, 0.1) is 31.7 Å². The molecule has 0 spiro atoms. The van der Waals surface area contributed by atoms with Crippen molar-refractivity contribution in [1.29, 1.82) is 0 Å². The Labute approximate surface area is 207 Å². The molecule has 3 heterocycles. The lowest BCUT2D eigenvalue weighted by molar-refractivity contribution is -0.128. The third kappa shape index (κ3) is 6.11. The second-order valence-corrected chi connectivity index (χ2v) is 9.53. The summed E-state index contributed by atoms with van der Waals surface area (Å²) in [7, 11) is 0. The third-order valence-corrected chi connectivity index (χ3v) is 6.86. The summed E-state index contributed by atoms with van der Waals surface area (Å²) < 4.78 is 11.9. The number of allylic oxidation sites excluding steroid dienone is 1. The molecule has 188 valence electrons. The molecular weight excluding hydrogens is 446 g/mol. The van der Waals surface area contributed by atoms with Crippen LogP contribution in [0, 0.1) is 0 Å². The van der Waals surface area contributed by atoms with E-state index in [0.29, 0.717) is 49.8 Å². The number of fused-ring (bicyclic) bond motifs is 1.